The first-order chi connectivity index (χ1) is 11.9. The molecule has 0 aliphatic rings. The Labute approximate surface area is 149 Å². The average Bonchev–Trinajstić information content (AvgIpc) is 2.59. The fraction of sp³-hybridized carbons (Fsp3) is 0.429. The van der Waals surface area contributed by atoms with Crippen LogP contribution in [0.2, 0.25) is 0 Å². The summed E-state index contributed by atoms with van der Waals surface area (Å²) in [7, 11) is 1.91. The largest absolute Gasteiger partial charge is 0.351 e. The van der Waals surface area contributed by atoms with Gasteiger partial charge in [-0.2, -0.15) is 0 Å². The number of rotatable bonds is 6. The number of aryl methyl sites for hydroxylation is 3. The predicted octanol–water partition coefficient (Wildman–Crippen LogP) is 4.02. The van der Waals surface area contributed by atoms with Gasteiger partial charge in [0.2, 0.25) is 0 Å². The van der Waals surface area contributed by atoms with Gasteiger partial charge in [-0.1, -0.05) is 45.4 Å². The molecular formula is C21H28N2O2. The highest BCUT2D eigenvalue weighted by Gasteiger charge is 2.20. The molecule has 1 N–H and O–H groups in total. The second kappa shape index (κ2) is 8.15. The molecule has 25 heavy (non-hydrogen) atoms. The van der Waals surface area contributed by atoms with Gasteiger partial charge in [0, 0.05) is 30.2 Å². The number of anilines is 1. The first-order valence-corrected chi connectivity index (χ1v) is 9.06. The van der Waals surface area contributed by atoms with Gasteiger partial charge >= 0.3 is 0 Å². The van der Waals surface area contributed by atoms with Crippen LogP contribution < -0.4 is 10.7 Å². The van der Waals surface area contributed by atoms with E-state index in [1.54, 1.807) is 6.07 Å². The zero-order chi connectivity index (χ0) is 18.6. The van der Waals surface area contributed by atoms with Crippen LogP contribution in [0.15, 0.2) is 29.1 Å². The molecule has 0 aliphatic heterocycles. The lowest BCUT2D eigenvalue weighted by Gasteiger charge is -2.18. The van der Waals surface area contributed by atoms with Crippen molar-refractivity contribution in [3.63, 3.8) is 0 Å². The number of carbonyl (C=O) groups is 1. The number of aromatic nitrogens is 1. The van der Waals surface area contributed by atoms with Crippen LogP contribution in [-0.4, -0.2) is 10.5 Å². The highest BCUT2D eigenvalue weighted by atomic mass is 16.2. The van der Waals surface area contributed by atoms with Crippen molar-refractivity contribution in [2.45, 2.75) is 53.4 Å². The standard InChI is InChI=1S/C21H28N2O2/c1-6-10-17-19(18(24)13-14(4)23(17)5)21(25)22-20-15(7-2)11-9-12-16(20)8-3/h9,11-13H,6-8,10H2,1-5H3,(H,22,25). The Balaban J connectivity index is 2.54. The van der Waals surface area contributed by atoms with E-state index in [0.717, 1.165) is 47.5 Å². The first-order valence-electron chi connectivity index (χ1n) is 9.06. The van der Waals surface area contributed by atoms with Crippen LogP contribution in [0, 0.1) is 6.92 Å². The Morgan fingerprint density at radius 1 is 1.12 bits per heavy atom. The van der Waals surface area contributed by atoms with Crippen molar-refractivity contribution < 1.29 is 4.79 Å². The highest BCUT2D eigenvalue weighted by Crippen LogP contribution is 2.23. The summed E-state index contributed by atoms with van der Waals surface area (Å²) < 4.78 is 1.95. The number of amides is 1. The number of pyridine rings is 1. The molecule has 1 amide bonds. The number of nitrogens with one attached hydrogen (secondary N) is 1. The van der Waals surface area contributed by atoms with Crippen LogP contribution in [0.25, 0.3) is 0 Å². The molecule has 1 aromatic carbocycles. The van der Waals surface area contributed by atoms with Crippen molar-refractivity contribution in [3.8, 4) is 0 Å². The Morgan fingerprint density at radius 2 is 1.72 bits per heavy atom. The molecule has 1 heterocycles. The van der Waals surface area contributed by atoms with E-state index in [1.165, 1.54) is 0 Å². The van der Waals surface area contributed by atoms with E-state index in [0.29, 0.717) is 6.42 Å². The van der Waals surface area contributed by atoms with E-state index in [2.05, 4.69) is 26.1 Å². The summed E-state index contributed by atoms with van der Waals surface area (Å²) in [5.74, 6) is -0.306. The molecule has 0 saturated heterocycles. The number of carbonyl (C=O) groups excluding carboxylic acids is 1. The smallest absolute Gasteiger partial charge is 0.261 e. The van der Waals surface area contributed by atoms with Gasteiger partial charge in [-0.25, -0.2) is 0 Å². The third kappa shape index (κ3) is 3.84. The molecule has 0 saturated carbocycles. The first kappa shape index (κ1) is 19.0. The molecule has 0 aliphatic carbocycles. The number of hydrogen-bond donors (Lipinski definition) is 1. The maximum Gasteiger partial charge on any atom is 0.261 e. The molecule has 0 atom stereocenters. The van der Waals surface area contributed by atoms with Gasteiger partial charge in [0.1, 0.15) is 5.56 Å². The maximum absolute atomic E-state index is 13.0. The van der Waals surface area contributed by atoms with Crippen LogP contribution in [0.1, 0.15) is 60.1 Å². The molecule has 0 bridgehead atoms. The van der Waals surface area contributed by atoms with Crippen molar-refractivity contribution in [3.05, 3.63) is 62.6 Å². The molecule has 2 aromatic rings. The minimum atomic E-state index is -0.306. The van der Waals surface area contributed by atoms with E-state index in [9.17, 15) is 9.59 Å². The summed E-state index contributed by atoms with van der Waals surface area (Å²) in [6.45, 7) is 8.08. The summed E-state index contributed by atoms with van der Waals surface area (Å²) in [6, 6.07) is 7.60. The van der Waals surface area contributed by atoms with Crippen molar-refractivity contribution in [2.75, 3.05) is 5.32 Å². The molecule has 1 aromatic heterocycles. The molecule has 0 fully saturated rings. The SMILES string of the molecule is CCCc1c(C(=O)Nc2c(CC)cccc2CC)c(=O)cc(C)n1C. The number of nitrogens with zero attached hydrogens (tertiary/aromatic N) is 1. The number of benzene rings is 1. The van der Waals surface area contributed by atoms with E-state index in [4.69, 9.17) is 0 Å². The minimum Gasteiger partial charge on any atom is -0.351 e. The zero-order valence-electron chi connectivity index (χ0n) is 15.9. The van der Waals surface area contributed by atoms with Crippen molar-refractivity contribution in [2.24, 2.45) is 7.05 Å². The van der Waals surface area contributed by atoms with Crippen LogP contribution in [0.4, 0.5) is 5.69 Å². The summed E-state index contributed by atoms with van der Waals surface area (Å²) in [5.41, 5.74) is 4.77. The minimum absolute atomic E-state index is 0.205. The summed E-state index contributed by atoms with van der Waals surface area (Å²) in [4.78, 5) is 25.6. The highest BCUT2D eigenvalue weighted by molar-refractivity contribution is 6.05. The second-order valence-corrected chi connectivity index (χ2v) is 6.39. The molecule has 0 unspecified atom stereocenters. The fourth-order valence-electron chi connectivity index (χ4n) is 3.23. The molecule has 2 rings (SSSR count). The van der Waals surface area contributed by atoms with E-state index in [1.807, 2.05) is 36.7 Å². The van der Waals surface area contributed by atoms with E-state index >= 15 is 0 Å². The summed E-state index contributed by atoms with van der Waals surface area (Å²) in [6.07, 6.45) is 3.24. The lowest BCUT2D eigenvalue weighted by Crippen LogP contribution is -2.28. The third-order valence-electron chi connectivity index (χ3n) is 4.76. The van der Waals surface area contributed by atoms with Crippen LogP contribution in [0.3, 0.4) is 0 Å². The van der Waals surface area contributed by atoms with Crippen molar-refractivity contribution in [1.82, 2.24) is 4.57 Å². The van der Waals surface area contributed by atoms with E-state index < -0.39 is 0 Å². The van der Waals surface area contributed by atoms with Crippen LogP contribution in [0.5, 0.6) is 0 Å². The van der Waals surface area contributed by atoms with Gasteiger partial charge in [0.25, 0.3) is 5.91 Å². The van der Waals surface area contributed by atoms with Crippen molar-refractivity contribution in [1.29, 1.82) is 0 Å². The monoisotopic (exact) mass is 340 g/mol. The number of hydrogen-bond acceptors (Lipinski definition) is 2. The van der Waals surface area contributed by atoms with Gasteiger partial charge in [0.15, 0.2) is 5.43 Å². The lowest BCUT2D eigenvalue weighted by atomic mass is 10.0. The third-order valence-corrected chi connectivity index (χ3v) is 4.76. The normalized spacial score (nSPS) is 10.8. The molecule has 0 spiro atoms. The van der Waals surface area contributed by atoms with Gasteiger partial charge < -0.3 is 9.88 Å². The van der Waals surface area contributed by atoms with Crippen molar-refractivity contribution >= 4 is 11.6 Å². The number of para-hydroxylation sites is 1. The maximum atomic E-state index is 13.0. The molecule has 134 valence electrons. The quantitative estimate of drug-likeness (QED) is 0.863. The van der Waals surface area contributed by atoms with E-state index in [-0.39, 0.29) is 16.9 Å². The molecule has 4 heteroatoms. The predicted molar refractivity (Wildman–Crippen MR) is 104 cm³/mol. The van der Waals surface area contributed by atoms with Gasteiger partial charge in [-0.05, 0) is 37.3 Å². The summed E-state index contributed by atoms with van der Waals surface area (Å²) >= 11 is 0. The molecular weight excluding hydrogens is 312 g/mol. The molecule has 0 radical (unpaired) electrons. The fourth-order valence-corrected chi connectivity index (χ4v) is 3.23. The Bertz CT molecular complexity index is 812. The lowest BCUT2D eigenvalue weighted by molar-refractivity contribution is 0.102. The summed E-state index contributed by atoms with van der Waals surface area (Å²) in [5, 5.41) is 3.03. The topological polar surface area (TPSA) is 51.1 Å². The van der Waals surface area contributed by atoms with Crippen LogP contribution >= 0.6 is 0 Å². The zero-order valence-corrected chi connectivity index (χ0v) is 15.9. The Morgan fingerprint density at radius 3 is 2.24 bits per heavy atom. The van der Waals surface area contributed by atoms with Gasteiger partial charge in [-0.3, -0.25) is 9.59 Å². The second-order valence-electron chi connectivity index (χ2n) is 6.39. The average molecular weight is 340 g/mol. The Hall–Kier alpha value is -2.36. The van der Waals surface area contributed by atoms with Crippen LogP contribution in [-0.2, 0) is 26.3 Å². The Kier molecular flexibility index (Phi) is 6.18. The van der Waals surface area contributed by atoms with Gasteiger partial charge in [-0.15, -0.1) is 0 Å². The molecule has 4 nitrogen and oxygen atoms in total. The van der Waals surface area contributed by atoms with Gasteiger partial charge in [0.05, 0.1) is 0 Å².